The predicted octanol–water partition coefficient (Wildman–Crippen LogP) is 3.43. The number of aromatic nitrogens is 2. The van der Waals surface area contributed by atoms with Gasteiger partial charge in [-0.3, -0.25) is 4.79 Å². The van der Waals surface area contributed by atoms with Crippen molar-refractivity contribution in [3.63, 3.8) is 0 Å². The number of amides is 1. The first-order valence-electron chi connectivity index (χ1n) is 9.50. The number of nitrogens with zero attached hydrogens (tertiary/aromatic N) is 3. The van der Waals surface area contributed by atoms with Gasteiger partial charge in [0, 0.05) is 37.8 Å². The molecule has 0 saturated carbocycles. The first kappa shape index (κ1) is 19.5. The molecule has 0 bridgehead atoms. The maximum absolute atomic E-state index is 12.9. The zero-order valence-corrected chi connectivity index (χ0v) is 17.3. The van der Waals surface area contributed by atoms with Crippen LogP contribution in [-0.2, 0) is 0 Å². The first-order valence-corrected chi connectivity index (χ1v) is 10.7. The molecule has 1 aliphatic heterocycles. The van der Waals surface area contributed by atoms with E-state index < -0.39 is 0 Å². The molecular weight excluding hydrogens is 386 g/mol. The lowest BCUT2D eigenvalue weighted by atomic mass is 10.1. The summed E-state index contributed by atoms with van der Waals surface area (Å²) in [6.07, 6.45) is 1.93. The van der Waals surface area contributed by atoms with Gasteiger partial charge in [-0.15, -0.1) is 0 Å². The molecule has 0 unspecified atom stereocenters. The van der Waals surface area contributed by atoms with E-state index >= 15 is 0 Å². The Hall–Kier alpha value is -2.84. The van der Waals surface area contributed by atoms with Gasteiger partial charge in [0.2, 0.25) is 0 Å². The van der Waals surface area contributed by atoms with E-state index in [4.69, 9.17) is 4.42 Å². The number of rotatable bonds is 5. The lowest BCUT2D eigenvalue weighted by molar-refractivity contribution is 0.102. The third kappa shape index (κ3) is 4.44. The summed E-state index contributed by atoms with van der Waals surface area (Å²) in [6, 6.07) is 13.3. The van der Waals surface area contributed by atoms with Crippen LogP contribution in [0.3, 0.4) is 0 Å². The molecule has 7 nitrogen and oxygen atoms in total. The van der Waals surface area contributed by atoms with Crippen molar-refractivity contribution < 1.29 is 9.21 Å². The molecule has 1 amide bonds. The molecule has 0 atom stereocenters. The molecular formula is C21H23N5O2S. The smallest absolute Gasteiger partial charge is 0.260 e. The fourth-order valence-corrected chi connectivity index (χ4v) is 3.63. The van der Waals surface area contributed by atoms with Crippen molar-refractivity contribution in [1.29, 1.82) is 0 Å². The number of aryl methyl sites for hydroxylation is 1. The average molecular weight is 410 g/mol. The fraction of sp³-hybridized carbons (Fsp3) is 0.286. The second kappa shape index (κ2) is 8.67. The maximum atomic E-state index is 12.9. The van der Waals surface area contributed by atoms with Gasteiger partial charge in [-0.25, -0.2) is 9.97 Å². The van der Waals surface area contributed by atoms with E-state index in [1.54, 1.807) is 13.0 Å². The van der Waals surface area contributed by atoms with E-state index in [2.05, 4.69) is 25.5 Å². The van der Waals surface area contributed by atoms with E-state index in [9.17, 15) is 4.79 Å². The van der Waals surface area contributed by atoms with Gasteiger partial charge in [-0.1, -0.05) is 42.1 Å². The van der Waals surface area contributed by atoms with Crippen molar-refractivity contribution in [1.82, 2.24) is 15.3 Å². The predicted molar refractivity (Wildman–Crippen MR) is 116 cm³/mol. The average Bonchev–Trinajstić information content (AvgIpc) is 3.16. The Labute approximate surface area is 173 Å². The molecule has 4 rings (SSSR count). The summed E-state index contributed by atoms with van der Waals surface area (Å²) in [7, 11) is 0. The topological polar surface area (TPSA) is 83.3 Å². The van der Waals surface area contributed by atoms with E-state index in [1.807, 2.05) is 42.7 Å². The van der Waals surface area contributed by atoms with Crippen molar-refractivity contribution in [2.75, 3.05) is 42.7 Å². The summed E-state index contributed by atoms with van der Waals surface area (Å²) in [5, 5.41) is 6.88. The van der Waals surface area contributed by atoms with E-state index in [1.165, 1.54) is 11.8 Å². The molecule has 3 aromatic rings. The first-order chi connectivity index (χ1) is 14.1. The van der Waals surface area contributed by atoms with Gasteiger partial charge in [-0.05, 0) is 19.2 Å². The normalized spacial score (nSPS) is 14.1. The number of nitrogens with one attached hydrogen (secondary N) is 2. The molecule has 1 fully saturated rings. The van der Waals surface area contributed by atoms with Crippen LogP contribution in [0, 0.1) is 6.92 Å². The monoisotopic (exact) mass is 409 g/mol. The largest absolute Gasteiger partial charge is 0.461 e. The van der Waals surface area contributed by atoms with Crippen LogP contribution < -0.4 is 15.5 Å². The Balaban J connectivity index is 1.57. The molecule has 1 saturated heterocycles. The number of hydrogen-bond acceptors (Lipinski definition) is 7. The number of piperazine rings is 1. The third-order valence-electron chi connectivity index (χ3n) is 4.78. The second-order valence-corrected chi connectivity index (χ2v) is 7.51. The minimum Gasteiger partial charge on any atom is -0.461 e. The van der Waals surface area contributed by atoms with Crippen LogP contribution in [0.1, 0.15) is 16.1 Å². The van der Waals surface area contributed by atoms with Gasteiger partial charge in [0.15, 0.2) is 5.16 Å². The Bertz CT molecular complexity index is 1000. The van der Waals surface area contributed by atoms with Gasteiger partial charge < -0.3 is 20.0 Å². The minimum absolute atomic E-state index is 0.245. The van der Waals surface area contributed by atoms with Crippen LogP contribution in [-0.4, -0.2) is 48.3 Å². The summed E-state index contributed by atoms with van der Waals surface area (Å²) in [5.41, 5.74) is 1.43. The van der Waals surface area contributed by atoms with E-state index in [0.29, 0.717) is 28.1 Å². The molecule has 2 N–H and O–H groups in total. The van der Waals surface area contributed by atoms with Gasteiger partial charge in [-0.2, -0.15) is 0 Å². The SMILES string of the molecule is CSc1nc(NC(=O)c2cc(-c3ccccc3)oc2C)cc(N2CCNCC2)n1. The number of hydrogen-bond donors (Lipinski definition) is 2. The number of thioether (sulfide) groups is 1. The molecule has 0 radical (unpaired) electrons. The standard InChI is InChI=1S/C21H23N5O2S/c1-14-16(12-17(28-14)15-6-4-3-5-7-15)20(27)23-18-13-19(25-21(24-18)29-2)26-10-8-22-9-11-26/h3-7,12-13,22H,8-11H2,1-2H3,(H,23,24,25,27). The zero-order valence-electron chi connectivity index (χ0n) is 16.4. The Morgan fingerprint density at radius 2 is 1.93 bits per heavy atom. The molecule has 1 aromatic carbocycles. The highest BCUT2D eigenvalue weighted by atomic mass is 32.2. The second-order valence-electron chi connectivity index (χ2n) is 6.74. The van der Waals surface area contributed by atoms with Crippen molar-refractivity contribution in [2.24, 2.45) is 0 Å². The van der Waals surface area contributed by atoms with Gasteiger partial charge in [0.25, 0.3) is 5.91 Å². The third-order valence-corrected chi connectivity index (χ3v) is 5.33. The highest BCUT2D eigenvalue weighted by Crippen LogP contribution is 2.26. The Morgan fingerprint density at radius 3 is 2.66 bits per heavy atom. The lowest BCUT2D eigenvalue weighted by Gasteiger charge is -2.28. The summed E-state index contributed by atoms with van der Waals surface area (Å²) in [6.45, 7) is 5.37. The zero-order chi connectivity index (χ0) is 20.2. The highest BCUT2D eigenvalue weighted by molar-refractivity contribution is 7.98. The molecule has 2 aromatic heterocycles. The minimum atomic E-state index is -0.245. The molecule has 1 aliphatic rings. The van der Waals surface area contributed by atoms with Crippen molar-refractivity contribution in [2.45, 2.75) is 12.1 Å². The number of benzene rings is 1. The molecule has 0 aliphatic carbocycles. The Morgan fingerprint density at radius 1 is 1.17 bits per heavy atom. The fourth-order valence-electron chi connectivity index (χ4n) is 3.26. The number of furan rings is 1. The lowest BCUT2D eigenvalue weighted by Crippen LogP contribution is -2.44. The quantitative estimate of drug-likeness (QED) is 0.493. The Kier molecular flexibility index (Phi) is 5.82. The van der Waals surface area contributed by atoms with Crippen molar-refractivity contribution >= 4 is 29.3 Å². The van der Waals surface area contributed by atoms with Crippen molar-refractivity contribution in [3.05, 3.63) is 53.8 Å². The highest BCUT2D eigenvalue weighted by Gasteiger charge is 2.19. The summed E-state index contributed by atoms with van der Waals surface area (Å²) in [5.74, 6) is 2.32. The van der Waals surface area contributed by atoms with Crippen LogP contribution in [0.2, 0.25) is 0 Å². The summed E-state index contributed by atoms with van der Waals surface area (Å²) in [4.78, 5) is 24.2. The van der Waals surface area contributed by atoms with Crippen LogP contribution >= 0.6 is 11.8 Å². The van der Waals surface area contributed by atoms with Gasteiger partial charge in [0.05, 0.1) is 5.56 Å². The van der Waals surface area contributed by atoms with Crippen LogP contribution in [0.15, 0.2) is 52.0 Å². The molecule has 8 heteroatoms. The van der Waals surface area contributed by atoms with Gasteiger partial charge >= 0.3 is 0 Å². The molecule has 0 spiro atoms. The van der Waals surface area contributed by atoms with E-state index in [-0.39, 0.29) is 5.91 Å². The van der Waals surface area contributed by atoms with Gasteiger partial charge in [0.1, 0.15) is 23.2 Å². The summed E-state index contributed by atoms with van der Waals surface area (Å²) < 4.78 is 5.81. The number of anilines is 2. The number of carbonyl (C=O) groups excluding carboxylic acids is 1. The molecule has 29 heavy (non-hydrogen) atoms. The van der Waals surface area contributed by atoms with E-state index in [0.717, 1.165) is 37.6 Å². The van der Waals surface area contributed by atoms with Crippen LogP contribution in [0.5, 0.6) is 0 Å². The molecule has 150 valence electrons. The summed E-state index contributed by atoms with van der Waals surface area (Å²) >= 11 is 1.45. The number of carbonyl (C=O) groups is 1. The molecule has 3 heterocycles. The maximum Gasteiger partial charge on any atom is 0.260 e. The van der Waals surface area contributed by atoms with Crippen molar-refractivity contribution in [3.8, 4) is 11.3 Å². The van der Waals surface area contributed by atoms with Crippen LogP contribution in [0.4, 0.5) is 11.6 Å². The van der Waals surface area contributed by atoms with Crippen LogP contribution in [0.25, 0.3) is 11.3 Å².